The summed E-state index contributed by atoms with van der Waals surface area (Å²) in [7, 11) is 0. The number of rotatable bonds is 4. The van der Waals surface area contributed by atoms with Crippen LogP contribution in [0.1, 0.15) is 41.6 Å². The van der Waals surface area contributed by atoms with E-state index in [0.29, 0.717) is 12.1 Å². The number of hydrogen-bond acceptors (Lipinski definition) is 5. The van der Waals surface area contributed by atoms with Crippen molar-refractivity contribution in [3.63, 3.8) is 0 Å². The van der Waals surface area contributed by atoms with Gasteiger partial charge in [0.1, 0.15) is 0 Å². The monoisotopic (exact) mass is 354 g/mol. The van der Waals surface area contributed by atoms with Crippen LogP contribution >= 0.6 is 11.3 Å². The summed E-state index contributed by atoms with van der Waals surface area (Å²) in [5, 5.41) is 10.1. The molecule has 8 heteroatoms. The molecule has 0 unspecified atom stereocenters. The molecule has 25 heavy (non-hydrogen) atoms. The average molecular weight is 354 g/mol. The molecule has 4 rings (SSSR count). The summed E-state index contributed by atoms with van der Waals surface area (Å²) in [5.41, 5.74) is 2.96. The highest BCUT2D eigenvalue weighted by molar-refractivity contribution is 7.15. The summed E-state index contributed by atoms with van der Waals surface area (Å²) in [6.45, 7) is 6.35. The summed E-state index contributed by atoms with van der Waals surface area (Å²) in [4.78, 5) is 22.7. The zero-order chi connectivity index (χ0) is 17.6. The predicted octanol–water partition coefficient (Wildman–Crippen LogP) is 2.96. The molecule has 0 spiro atoms. The van der Waals surface area contributed by atoms with Gasteiger partial charge in [0.15, 0.2) is 10.6 Å². The standard InChI is InChI=1S/C17H18N6OS/c1-10(2)23-15-14(8-19-23)13(6-11(3)20-15)16(24)18-7-12-9-22-4-5-25-17(22)21-12/h4-6,8-10H,7H2,1-3H3,(H,18,24). The highest BCUT2D eigenvalue weighted by Crippen LogP contribution is 2.21. The van der Waals surface area contributed by atoms with E-state index >= 15 is 0 Å². The molecule has 0 aliphatic carbocycles. The van der Waals surface area contributed by atoms with Crippen LogP contribution in [0, 0.1) is 6.92 Å². The zero-order valence-electron chi connectivity index (χ0n) is 14.2. The molecule has 0 saturated carbocycles. The van der Waals surface area contributed by atoms with Gasteiger partial charge in [-0.15, -0.1) is 11.3 Å². The van der Waals surface area contributed by atoms with E-state index < -0.39 is 0 Å². The summed E-state index contributed by atoms with van der Waals surface area (Å²) >= 11 is 1.57. The molecule has 0 aromatic carbocycles. The molecule has 0 aliphatic heterocycles. The molecular weight excluding hydrogens is 336 g/mol. The lowest BCUT2D eigenvalue weighted by Crippen LogP contribution is -2.23. The normalized spacial score (nSPS) is 11.7. The van der Waals surface area contributed by atoms with Crippen LogP contribution in [0.5, 0.6) is 0 Å². The van der Waals surface area contributed by atoms with Gasteiger partial charge in [0.05, 0.1) is 29.4 Å². The number of carbonyl (C=O) groups is 1. The maximum absolute atomic E-state index is 12.7. The van der Waals surface area contributed by atoms with Crippen molar-refractivity contribution in [1.29, 1.82) is 0 Å². The largest absolute Gasteiger partial charge is 0.346 e. The maximum Gasteiger partial charge on any atom is 0.252 e. The Morgan fingerprint density at radius 2 is 2.20 bits per heavy atom. The molecule has 4 aromatic rings. The lowest BCUT2D eigenvalue weighted by atomic mass is 10.1. The number of pyridine rings is 1. The molecule has 128 valence electrons. The van der Waals surface area contributed by atoms with Crippen molar-refractivity contribution in [3.05, 3.63) is 47.0 Å². The van der Waals surface area contributed by atoms with Crippen molar-refractivity contribution in [3.8, 4) is 0 Å². The number of fused-ring (bicyclic) bond motifs is 2. The topological polar surface area (TPSA) is 77.1 Å². The van der Waals surface area contributed by atoms with Crippen LogP contribution in [-0.2, 0) is 6.54 Å². The maximum atomic E-state index is 12.7. The highest BCUT2D eigenvalue weighted by atomic mass is 32.1. The van der Waals surface area contributed by atoms with E-state index in [0.717, 1.165) is 27.4 Å². The molecule has 0 bridgehead atoms. The number of nitrogens with one attached hydrogen (secondary N) is 1. The molecule has 1 amide bonds. The number of carbonyl (C=O) groups excluding carboxylic acids is 1. The van der Waals surface area contributed by atoms with Crippen molar-refractivity contribution < 1.29 is 4.79 Å². The Bertz CT molecular complexity index is 1050. The van der Waals surface area contributed by atoms with Gasteiger partial charge in [-0.1, -0.05) is 0 Å². The van der Waals surface area contributed by atoms with E-state index in [1.54, 1.807) is 23.6 Å². The summed E-state index contributed by atoms with van der Waals surface area (Å²) in [6.07, 6.45) is 5.59. The second kappa shape index (κ2) is 5.96. The molecule has 1 N–H and O–H groups in total. The van der Waals surface area contributed by atoms with E-state index in [1.807, 2.05) is 47.6 Å². The number of amides is 1. The van der Waals surface area contributed by atoms with Gasteiger partial charge in [-0.05, 0) is 26.8 Å². The molecule has 0 saturated heterocycles. The third kappa shape index (κ3) is 2.78. The fourth-order valence-corrected chi connectivity index (χ4v) is 3.56. The van der Waals surface area contributed by atoms with Gasteiger partial charge < -0.3 is 5.32 Å². The molecule has 7 nitrogen and oxygen atoms in total. The van der Waals surface area contributed by atoms with Crippen molar-refractivity contribution in [2.75, 3.05) is 0 Å². The number of aryl methyl sites for hydroxylation is 1. The molecule has 0 atom stereocenters. The van der Waals surface area contributed by atoms with Crippen LogP contribution in [0.25, 0.3) is 16.0 Å². The lowest BCUT2D eigenvalue weighted by molar-refractivity contribution is 0.0952. The summed E-state index contributed by atoms with van der Waals surface area (Å²) in [5.74, 6) is -0.143. The van der Waals surface area contributed by atoms with Crippen LogP contribution in [0.4, 0.5) is 0 Å². The smallest absolute Gasteiger partial charge is 0.252 e. The molecule has 4 heterocycles. The zero-order valence-corrected chi connectivity index (χ0v) is 15.0. The van der Waals surface area contributed by atoms with Crippen LogP contribution in [0.2, 0.25) is 0 Å². The van der Waals surface area contributed by atoms with Gasteiger partial charge in [-0.3, -0.25) is 9.20 Å². The third-order valence-electron chi connectivity index (χ3n) is 4.00. The molecule has 0 radical (unpaired) electrons. The molecule has 0 aliphatic rings. The average Bonchev–Trinajstić information content (AvgIpc) is 3.25. The van der Waals surface area contributed by atoms with Crippen LogP contribution < -0.4 is 5.32 Å². The second-order valence-electron chi connectivity index (χ2n) is 6.24. The molecular formula is C17H18N6OS. The van der Waals surface area contributed by atoms with Crippen molar-refractivity contribution in [1.82, 2.24) is 29.5 Å². The minimum Gasteiger partial charge on any atom is -0.346 e. The van der Waals surface area contributed by atoms with Gasteiger partial charge in [-0.2, -0.15) is 5.10 Å². The quantitative estimate of drug-likeness (QED) is 0.611. The number of nitrogens with zero attached hydrogens (tertiary/aromatic N) is 5. The fraction of sp³-hybridized carbons (Fsp3) is 0.294. The number of imidazole rings is 1. The fourth-order valence-electron chi connectivity index (χ4n) is 2.84. The van der Waals surface area contributed by atoms with Gasteiger partial charge in [0, 0.05) is 29.5 Å². The SMILES string of the molecule is Cc1cc(C(=O)NCc2cn3ccsc3n2)c2cnn(C(C)C)c2n1. The second-order valence-corrected chi connectivity index (χ2v) is 7.11. The van der Waals surface area contributed by atoms with Crippen LogP contribution in [0.3, 0.4) is 0 Å². The van der Waals surface area contributed by atoms with Crippen molar-refractivity contribution >= 4 is 33.2 Å². The first-order valence-electron chi connectivity index (χ1n) is 8.07. The van der Waals surface area contributed by atoms with Gasteiger partial charge in [-0.25, -0.2) is 14.6 Å². The Kier molecular flexibility index (Phi) is 3.76. The van der Waals surface area contributed by atoms with E-state index in [-0.39, 0.29) is 11.9 Å². The van der Waals surface area contributed by atoms with E-state index in [9.17, 15) is 4.79 Å². The number of hydrogen-bond donors (Lipinski definition) is 1. The first-order valence-corrected chi connectivity index (χ1v) is 8.95. The Morgan fingerprint density at radius 3 is 2.96 bits per heavy atom. The van der Waals surface area contributed by atoms with Crippen LogP contribution in [-0.4, -0.2) is 30.1 Å². The minimum atomic E-state index is -0.143. The van der Waals surface area contributed by atoms with Crippen LogP contribution in [0.15, 0.2) is 30.0 Å². The summed E-state index contributed by atoms with van der Waals surface area (Å²) < 4.78 is 3.79. The molecule has 0 fully saturated rings. The number of thiazole rings is 1. The Hall–Kier alpha value is -2.74. The van der Waals surface area contributed by atoms with Gasteiger partial charge >= 0.3 is 0 Å². The Labute approximate surface area is 148 Å². The molecule has 4 aromatic heterocycles. The first-order chi connectivity index (χ1) is 12.0. The van der Waals surface area contributed by atoms with Gasteiger partial charge in [0.2, 0.25) is 0 Å². The lowest BCUT2D eigenvalue weighted by Gasteiger charge is -2.09. The minimum absolute atomic E-state index is 0.143. The predicted molar refractivity (Wildman–Crippen MR) is 96.9 cm³/mol. The Balaban J connectivity index is 1.62. The first kappa shape index (κ1) is 15.8. The van der Waals surface area contributed by atoms with Crippen molar-refractivity contribution in [2.45, 2.75) is 33.4 Å². The highest BCUT2D eigenvalue weighted by Gasteiger charge is 2.17. The van der Waals surface area contributed by atoms with Crippen molar-refractivity contribution in [2.24, 2.45) is 0 Å². The van der Waals surface area contributed by atoms with E-state index in [1.165, 1.54) is 0 Å². The van der Waals surface area contributed by atoms with Gasteiger partial charge in [0.25, 0.3) is 5.91 Å². The number of aromatic nitrogens is 5. The van der Waals surface area contributed by atoms with E-state index in [2.05, 4.69) is 20.4 Å². The summed E-state index contributed by atoms with van der Waals surface area (Å²) in [6, 6.07) is 1.98. The Morgan fingerprint density at radius 1 is 1.36 bits per heavy atom. The van der Waals surface area contributed by atoms with E-state index in [4.69, 9.17) is 0 Å². The third-order valence-corrected chi connectivity index (χ3v) is 4.77.